The highest BCUT2D eigenvalue weighted by atomic mass is 16.5. The Kier molecular flexibility index (Phi) is 6.86. The highest BCUT2D eigenvalue weighted by molar-refractivity contribution is 5.31. The smallest absolute Gasteiger partial charge is 0.244 e. The average molecular weight is 402 g/mol. The zero-order valence-electron chi connectivity index (χ0n) is 17.0. The number of benzene rings is 2. The van der Waals surface area contributed by atoms with Crippen LogP contribution in [0.5, 0.6) is 0 Å². The van der Waals surface area contributed by atoms with Gasteiger partial charge in [0.05, 0.1) is 30.9 Å². The van der Waals surface area contributed by atoms with Gasteiger partial charge in [-0.2, -0.15) is 10.2 Å². The summed E-state index contributed by atoms with van der Waals surface area (Å²) in [6, 6.07) is 20.2. The number of hydrogen-bond donors (Lipinski definition) is 0. The van der Waals surface area contributed by atoms with E-state index < -0.39 is 0 Å². The van der Waals surface area contributed by atoms with Crippen LogP contribution in [0.2, 0.25) is 0 Å². The van der Waals surface area contributed by atoms with Crippen molar-refractivity contribution >= 4 is 0 Å². The van der Waals surface area contributed by atoms with Crippen molar-refractivity contribution in [3.05, 3.63) is 83.0 Å². The Hall–Kier alpha value is -3.01. The summed E-state index contributed by atoms with van der Waals surface area (Å²) in [6.07, 6.45) is 3.98. The van der Waals surface area contributed by atoms with Gasteiger partial charge in [0.2, 0.25) is 5.89 Å². The number of likely N-dealkylation sites (tertiary alicyclic amines) is 1. The fourth-order valence-electron chi connectivity index (χ4n) is 3.81. The van der Waals surface area contributed by atoms with E-state index in [1.807, 2.05) is 42.5 Å². The molecular formula is C24H26N4O2. The average Bonchev–Trinajstić information content (AvgIpc) is 3.27. The molecule has 1 fully saturated rings. The molecule has 4 rings (SSSR count). The van der Waals surface area contributed by atoms with Crippen molar-refractivity contribution in [2.75, 3.05) is 13.2 Å². The molecule has 1 unspecified atom stereocenters. The lowest BCUT2D eigenvalue weighted by Crippen LogP contribution is -2.33. The van der Waals surface area contributed by atoms with Crippen molar-refractivity contribution in [2.24, 2.45) is 0 Å². The highest BCUT2D eigenvalue weighted by Crippen LogP contribution is 2.31. The van der Waals surface area contributed by atoms with Crippen molar-refractivity contribution in [1.29, 1.82) is 5.26 Å². The third kappa shape index (κ3) is 5.32. The molecule has 0 amide bonds. The summed E-state index contributed by atoms with van der Waals surface area (Å²) in [6.45, 7) is 2.97. The molecule has 6 heteroatoms. The summed E-state index contributed by atoms with van der Waals surface area (Å²) in [7, 11) is 0. The van der Waals surface area contributed by atoms with Gasteiger partial charge in [-0.3, -0.25) is 4.90 Å². The SMILES string of the molecule is N#Cc1ccc(CN2CCCCC2c2nc(CCOCc3ccccc3)no2)cc1. The van der Waals surface area contributed by atoms with Crippen molar-refractivity contribution in [1.82, 2.24) is 15.0 Å². The van der Waals surface area contributed by atoms with E-state index in [2.05, 4.69) is 33.2 Å². The van der Waals surface area contributed by atoms with Crippen molar-refractivity contribution in [3.8, 4) is 6.07 Å². The fourth-order valence-corrected chi connectivity index (χ4v) is 3.81. The largest absolute Gasteiger partial charge is 0.376 e. The molecule has 0 spiro atoms. The summed E-state index contributed by atoms with van der Waals surface area (Å²) < 4.78 is 11.4. The van der Waals surface area contributed by atoms with Crippen LogP contribution in [0.25, 0.3) is 0 Å². The Morgan fingerprint density at radius 3 is 2.70 bits per heavy atom. The molecular weight excluding hydrogens is 376 g/mol. The molecule has 0 N–H and O–H groups in total. The van der Waals surface area contributed by atoms with E-state index in [1.54, 1.807) is 0 Å². The number of hydrogen-bond acceptors (Lipinski definition) is 6. The van der Waals surface area contributed by atoms with Crippen molar-refractivity contribution in [3.63, 3.8) is 0 Å². The molecule has 30 heavy (non-hydrogen) atoms. The van der Waals surface area contributed by atoms with Crippen LogP contribution in [0, 0.1) is 11.3 Å². The molecule has 1 aromatic heterocycles. The van der Waals surface area contributed by atoms with Crippen LogP contribution in [0.4, 0.5) is 0 Å². The van der Waals surface area contributed by atoms with Gasteiger partial charge in [-0.25, -0.2) is 0 Å². The van der Waals surface area contributed by atoms with Gasteiger partial charge in [-0.15, -0.1) is 0 Å². The molecule has 2 aromatic carbocycles. The van der Waals surface area contributed by atoms with Crippen LogP contribution in [-0.4, -0.2) is 28.2 Å². The van der Waals surface area contributed by atoms with E-state index in [-0.39, 0.29) is 6.04 Å². The maximum Gasteiger partial charge on any atom is 0.244 e. The minimum Gasteiger partial charge on any atom is -0.376 e. The summed E-state index contributed by atoms with van der Waals surface area (Å²) >= 11 is 0. The first-order chi connectivity index (χ1) is 14.8. The fraction of sp³-hybridized carbons (Fsp3) is 0.375. The van der Waals surface area contributed by atoms with E-state index in [9.17, 15) is 0 Å². The number of ether oxygens (including phenoxy) is 1. The van der Waals surface area contributed by atoms with Crippen molar-refractivity contribution in [2.45, 2.75) is 44.9 Å². The highest BCUT2D eigenvalue weighted by Gasteiger charge is 2.28. The number of nitrogens with zero attached hydrogens (tertiary/aromatic N) is 4. The van der Waals surface area contributed by atoms with Gasteiger partial charge in [0.15, 0.2) is 5.82 Å². The van der Waals surface area contributed by atoms with E-state index in [0.717, 1.165) is 31.5 Å². The molecule has 1 aliphatic rings. The molecule has 0 radical (unpaired) electrons. The molecule has 0 bridgehead atoms. The predicted octanol–water partition coefficient (Wildman–Crippen LogP) is 4.43. The van der Waals surface area contributed by atoms with Gasteiger partial charge in [0.25, 0.3) is 0 Å². The van der Waals surface area contributed by atoms with Crippen LogP contribution >= 0.6 is 0 Å². The normalized spacial score (nSPS) is 17.0. The molecule has 0 aliphatic carbocycles. The second-order valence-corrected chi connectivity index (χ2v) is 7.63. The van der Waals surface area contributed by atoms with Crippen molar-refractivity contribution < 1.29 is 9.26 Å². The molecule has 3 aromatic rings. The zero-order valence-corrected chi connectivity index (χ0v) is 17.0. The molecule has 154 valence electrons. The molecule has 1 atom stereocenters. The Labute approximate surface area is 177 Å². The lowest BCUT2D eigenvalue weighted by Gasteiger charge is -2.33. The van der Waals surface area contributed by atoms with Crippen LogP contribution in [0.15, 0.2) is 59.1 Å². The van der Waals surface area contributed by atoms with Gasteiger partial charge in [-0.05, 0) is 42.6 Å². The maximum absolute atomic E-state index is 8.98. The number of nitriles is 1. The van der Waals surface area contributed by atoms with Gasteiger partial charge in [0.1, 0.15) is 0 Å². The second-order valence-electron chi connectivity index (χ2n) is 7.63. The van der Waals surface area contributed by atoms with E-state index in [1.165, 1.54) is 12.0 Å². The third-order valence-corrected chi connectivity index (χ3v) is 5.43. The van der Waals surface area contributed by atoms with Crippen LogP contribution in [-0.2, 0) is 24.3 Å². The minimum atomic E-state index is 0.140. The molecule has 0 saturated carbocycles. The lowest BCUT2D eigenvalue weighted by atomic mass is 10.0. The zero-order chi connectivity index (χ0) is 20.6. The van der Waals surface area contributed by atoms with E-state index >= 15 is 0 Å². The summed E-state index contributed by atoms with van der Waals surface area (Å²) in [5.41, 5.74) is 3.03. The summed E-state index contributed by atoms with van der Waals surface area (Å²) in [5, 5.41) is 13.2. The van der Waals surface area contributed by atoms with Gasteiger partial charge < -0.3 is 9.26 Å². The number of rotatable bonds is 8. The Morgan fingerprint density at radius 1 is 1.07 bits per heavy atom. The second kappa shape index (κ2) is 10.1. The van der Waals surface area contributed by atoms with Crippen LogP contribution in [0.1, 0.15) is 53.7 Å². The maximum atomic E-state index is 8.98. The monoisotopic (exact) mass is 402 g/mol. The third-order valence-electron chi connectivity index (χ3n) is 5.43. The first-order valence-corrected chi connectivity index (χ1v) is 10.5. The van der Waals surface area contributed by atoms with Crippen LogP contribution in [0.3, 0.4) is 0 Å². The van der Waals surface area contributed by atoms with Gasteiger partial charge in [0, 0.05) is 13.0 Å². The molecule has 1 aliphatic heterocycles. The first kappa shape index (κ1) is 20.3. The van der Waals surface area contributed by atoms with E-state index in [4.69, 9.17) is 14.5 Å². The quantitative estimate of drug-likeness (QED) is 0.519. The Morgan fingerprint density at radius 2 is 1.90 bits per heavy atom. The van der Waals surface area contributed by atoms with Gasteiger partial charge in [-0.1, -0.05) is 54.0 Å². The van der Waals surface area contributed by atoms with E-state index in [0.29, 0.717) is 36.9 Å². The van der Waals surface area contributed by atoms with Gasteiger partial charge >= 0.3 is 0 Å². The summed E-state index contributed by atoms with van der Waals surface area (Å²) in [5.74, 6) is 1.39. The molecule has 1 saturated heterocycles. The summed E-state index contributed by atoms with van der Waals surface area (Å²) in [4.78, 5) is 7.05. The number of piperidine rings is 1. The standard InChI is InChI=1S/C24H26N4O2/c25-16-19-9-11-20(12-10-19)17-28-14-5-4-8-22(28)24-26-23(27-30-24)13-15-29-18-21-6-2-1-3-7-21/h1-3,6-7,9-12,22H,4-5,8,13-15,17-18H2. The first-order valence-electron chi connectivity index (χ1n) is 10.5. The minimum absolute atomic E-state index is 0.140. The topological polar surface area (TPSA) is 75.2 Å². The Balaban J connectivity index is 1.32. The molecule has 6 nitrogen and oxygen atoms in total. The number of aromatic nitrogens is 2. The predicted molar refractivity (Wildman–Crippen MR) is 112 cm³/mol. The lowest BCUT2D eigenvalue weighted by molar-refractivity contribution is 0.111. The van der Waals surface area contributed by atoms with Crippen LogP contribution < -0.4 is 0 Å². The Bertz CT molecular complexity index is 963. The molecule has 2 heterocycles.